The molecule has 0 unspecified atom stereocenters. The molecule has 2 aromatic carbocycles. The SMILES string of the molecule is CS(=O)(=O)[C@@](Cl)(Br)[C@H](O)c1ccc(-c2ccccc2)cc1. The lowest BCUT2D eigenvalue weighted by atomic mass is 10.0. The van der Waals surface area contributed by atoms with Crippen LogP contribution in [0.3, 0.4) is 0 Å². The van der Waals surface area contributed by atoms with E-state index in [0.717, 1.165) is 17.4 Å². The summed E-state index contributed by atoms with van der Waals surface area (Å²) < 4.78 is 21.3. The molecule has 0 amide bonds. The summed E-state index contributed by atoms with van der Waals surface area (Å²) in [7, 11) is -3.68. The minimum Gasteiger partial charge on any atom is -0.385 e. The maximum absolute atomic E-state index is 11.6. The van der Waals surface area contributed by atoms with Crippen molar-refractivity contribution in [3.8, 4) is 11.1 Å². The smallest absolute Gasteiger partial charge is 0.228 e. The van der Waals surface area contributed by atoms with Crippen LogP contribution in [-0.4, -0.2) is 22.9 Å². The number of halogens is 2. The topological polar surface area (TPSA) is 54.4 Å². The molecule has 112 valence electrons. The van der Waals surface area contributed by atoms with Gasteiger partial charge in [-0.05, 0) is 32.6 Å². The van der Waals surface area contributed by atoms with Crippen LogP contribution < -0.4 is 0 Å². The second-order valence-corrected chi connectivity index (χ2v) is 9.97. The van der Waals surface area contributed by atoms with Crippen molar-refractivity contribution in [2.75, 3.05) is 6.26 Å². The number of hydrogen-bond acceptors (Lipinski definition) is 3. The largest absolute Gasteiger partial charge is 0.385 e. The lowest BCUT2D eigenvalue weighted by molar-refractivity contribution is 0.185. The van der Waals surface area contributed by atoms with Crippen LogP contribution in [0.15, 0.2) is 54.6 Å². The van der Waals surface area contributed by atoms with E-state index in [9.17, 15) is 13.5 Å². The minimum absolute atomic E-state index is 0.423. The van der Waals surface area contributed by atoms with E-state index in [1.54, 1.807) is 12.1 Å². The van der Waals surface area contributed by atoms with E-state index < -0.39 is 19.1 Å². The lowest BCUT2D eigenvalue weighted by Gasteiger charge is -2.24. The van der Waals surface area contributed by atoms with Crippen molar-refractivity contribution in [2.24, 2.45) is 0 Å². The molecule has 1 N–H and O–H groups in total. The second-order valence-electron chi connectivity index (χ2n) is 4.72. The first kappa shape index (κ1) is 16.5. The summed E-state index contributed by atoms with van der Waals surface area (Å²) in [6, 6.07) is 16.7. The molecular weight excluding hydrogens is 376 g/mol. The number of aliphatic hydroxyl groups excluding tert-OH is 1. The van der Waals surface area contributed by atoms with Gasteiger partial charge >= 0.3 is 0 Å². The van der Waals surface area contributed by atoms with Crippen LogP contribution in [0.25, 0.3) is 11.1 Å². The highest BCUT2D eigenvalue weighted by Crippen LogP contribution is 2.42. The van der Waals surface area contributed by atoms with Crippen LogP contribution in [0.5, 0.6) is 0 Å². The predicted molar refractivity (Wildman–Crippen MR) is 89.2 cm³/mol. The van der Waals surface area contributed by atoms with Crippen molar-refractivity contribution in [2.45, 2.75) is 9.22 Å². The number of alkyl halides is 2. The van der Waals surface area contributed by atoms with Crippen LogP contribution in [-0.2, 0) is 9.84 Å². The summed E-state index contributed by atoms with van der Waals surface area (Å²) in [5, 5.41) is 10.2. The Kier molecular flexibility index (Phi) is 4.78. The van der Waals surface area contributed by atoms with Gasteiger partial charge in [0.1, 0.15) is 6.10 Å². The molecule has 0 aromatic heterocycles. The standard InChI is InChI=1S/C15H14BrClO3S/c1-21(19,20)15(16,17)14(18)13-9-7-12(8-10-13)11-5-3-2-4-6-11/h2-10,14,18H,1H3/t14-,15-/m1/s1. The minimum atomic E-state index is -3.68. The third-order valence-electron chi connectivity index (χ3n) is 3.15. The number of rotatable bonds is 4. The Morgan fingerprint density at radius 3 is 2.00 bits per heavy atom. The van der Waals surface area contributed by atoms with Crippen molar-refractivity contribution in [1.82, 2.24) is 0 Å². The van der Waals surface area contributed by atoms with E-state index in [2.05, 4.69) is 15.9 Å². The van der Waals surface area contributed by atoms with Crippen LogP contribution in [0.1, 0.15) is 11.7 Å². The molecule has 0 aliphatic rings. The van der Waals surface area contributed by atoms with Gasteiger partial charge in [-0.25, -0.2) is 8.42 Å². The fraction of sp³-hybridized carbons (Fsp3) is 0.200. The van der Waals surface area contributed by atoms with Crippen LogP contribution >= 0.6 is 27.5 Å². The maximum Gasteiger partial charge on any atom is 0.228 e. The quantitative estimate of drug-likeness (QED) is 0.811. The molecule has 6 heteroatoms. The van der Waals surface area contributed by atoms with Gasteiger partial charge in [-0.2, -0.15) is 0 Å². The molecule has 2 atom stereocenters. The molecule has 0 spiro atoms. The zero-order chi connectivity index (χ0) is 15.7. The molecule has 0 aliphatic carbocycles. The number of benzene rings is 2. The molecule has 0 radical (unpaired) electrons. The molecule has 0 aliphatic heterocycles. The highest BCUT2D eigenvalue weighted by Gasteiger charge is 2.44. The monoisotopic (exact) mass is 388 g/mol. The molecule has 0 saturated heterocycles. The van der Waals surface area contributed by atoms with E-state index in [0.29, 0.717) is 5.56 Å². The van der Waals surface area contributed by atoms with Gasteiger partial charge in [0.15, 0.2) is 9.84 Å². The third kappa shape index (κ3) is 3.48. The van der Waals surface area contributed by atoms with Gasteiger partial charge in [0, 0.05) is 6.26 Å². The normalized spacial score (nSPS) is 16.2. The van der Waals surface area contributed by atoms with Gasteiger partial charge in [-0.15, -0.1) is 0 Å². The van der Waals surface area contributed by atoms with Crippen LogP contribution in [0, 0.1) is 0 Å². The Morgan fingerprint density at radius 2 is 1.52 bits per heavy atom. The molecular formula is C15H14BrClO3S. The van der Waals surface area contributed by atoms with Crippen molar-refractivity contribution in [1.29, 1.82) is 0 Å². The van der Waals surface area contributed by atoms with Crippen molar-refractivity contribution in [3.63, 3.8) is 0 Å². The molecule has 3 nitrogen and oxygen atoms in total. The lowest BCUT2D eigenvalue weighted by Crippen LogP contribution is -2.32. The molecule has 0 bridgehead atoms. The highest BCUT2D eigenvalue weighted by atomic mass is 79.9. The van der Waals surface area contributed by atoms with E-state index >= 15 is 0 Å². The Bertz CT molecular complexity index is 712. The number of sulfone groups is 1. The molecule has 0 heterocycles. The summed E-state index contributed by atoms with van der Waals surface area (Å²) in [5.41, 5.74) is 2.44. The molecule has 0 fully saturated rings. The Labute approximate surface area is 137 Å². The summed E-state index contributed by atoms with van der Waals surface area (Å²) in [6.07, 6.45) is -0.407. The van der Waals surface area contributed by atoms with E-state index in [1.807, 2.05) is 42.5 Å². The zero-order valence-corrected chi connectivity index (χ0v) is 14.4. The summed E-state index contributed by atoms with van der Waals surface area (Å²) >= 11 is 8.83. The highest BCUT2D eigenvalue weighted by molar-refractivity contribution is 9.12. The average molecular weight is 390 g/mol. The first-order valence-electron chi connectivity index (χ1n) is 6.14. The Balaban J connectivity index is 2.32. The summed E-state index contributed by atoms with van der Waals surface area (Å²) in [5.74, 6) is 0. The molecule has 2 rings (SSSR count). The van der Waals surface area contributed by atoms with Crippen LogP contribution in [0.2, 0.25) is 0 Å². The number of aliphatic hydroxyl groups is 1. The third-order valence-corrected chi connectivity index (χ3v) is 7.60. The predicted octanol–water partition coefficient (Wildman–Crippen LogP) is 3.72. The van der Waals surface area contributed by atoms with Gasteiger partial charge in [-0.1, -0.05) is 66.2 Å². The maximum atomic E-state index is 11.6. The van der Waals surface area contributed by atoms with E-state index in [1.165, 1.54) is 0 Å². The van der Waals surface area contributed by atoms with Gasteiger partial charge in [0.2, 0.25) is 3.12 Å². The molecule has 0 saturated carbocycles. The van der Waals surface area contributed by atoms with Gasteiger partial charge in [0.05, 0.1) is 0 Å². The van der Waals surface area contributed by atoms with Crippen molar-refractivity contribution in [3.05, 3.63) is 60.2 Å². The van der Waals surface area contributed by atoms with Crippen molar-refractivity contribution < 1.29 is 13.5 Å². The summed E-state index contributed by atoms with van der Waals surface area (Å²) in [4.78, 5) is 0. The summed E-state index contributed by atoms with van der Waals surface area (Å²) in [6.45, 7) is 0. The molecule has 2 aromatic rings. The van der Waals surface area contributed by atoms with E-state index in [-0.39, 0.29) is 0 Å². The van der Waals surface area contributed by atoms with Gasteiger partial charge in [0.25, 0.3) is 0 Å². The second kappa shape index (κ2) is 6.08. The number of hydrogen-bond donors (Lipinski definition) is 1. The fourth-order valence-corrected chi connectivity index (χ4v) is 2.82. The van der Waals surface area contributed by atoms with Crippen LogP contribution in [0.4, 0.5) is 0 Å². The van der Waals surface area contributed by atoms with Crippen molar-refractivity contribution >= 4 is 37.4 Å². The fourth-order valence-electron chi connectivity index (χ4n) is 1.89. The Hall–Kier alpha value is -0.880. The van der Waals surface area contributed by atoms with Gasteiger partial charge < -0.3 is 5.11 Å². The first-order chi connectivity index (χ1) is 9.73. The van der Waals surface area contributed by atoms with Gasteiger partial charge in [-0.3, -0.25) is 0 Å². The Morgan fingerprint density at radius 1 is 1.05 bits per heavy atom. The first-order valence-corrected chi connectivity index (χ1v) is 9.20. The molecule has 21 heavy (non-hydrogen) atoms. The zero-order valence-electron chi connectivity index (χ0n) is 11.2. The van der Waals surface area contributed by atoms with E-state index in [4.69, 9.17) is 11.6 Å². The average Bonchev–Trinajstić information content (AvgIpc) is 2.46.